The zero-order chi connectivity index (χ0) is 7.40. The highest BCUT2D eigenvalue weighted by Gasteiger charge is 2.17. The average Bonchev–Trinajstić information content (AvgIpc) is 2.38. The smallest absolute Gasteiger partial charge is 0.0795 e. The molecule has 0 aromatic rings. The van der Waals surface area contributed by atoms with E-state index in [2.05, 4.69) is 11.9 Å². The van der Waals surface area contributed by atoms with Crippen molar-refractivity contribution in [2.75, 3.05) is 20.2 Å². The van der Waals surface area contributed by atoms with Gasteiger partial charge in [-0.2, -0.15) is 0 Å². The van der Waals surface area contributed by atoms with Crippen LogP contribution in [0.4, 0.5) is 0 Å². The van der Waals surface area contributed by atoms with Crippen molar-refractivity contribution in [3.8, 4) is 0 Å². The molecule has 0 aromatic heterocycles. The quantitative estimate of drug-likeness (QED) is 0.591. The maximum atomic E-state index is 5.43. The molecule has 2 heteroatoms. The number of hydrogen-bond acceptors (Lipinski definition) is 2. The van der Waals surface area contributed by atoms with Gasteiger partial charge in [-0.3, -0.25) is 0 Å². The molecule has 0 radical (unpaired) electrons. The molecule has 0 aromatic carbocycles. The number of rotatable bonds is 3. The van der Waals surface area contributed by atoms with Crippen LogP contribution in [0.2, 0.25) is 0 Å². The molecule has 1 N–H and O–H groups in total. The topological polar surface area (TPSA) is 21.3 Å². The molecule has 0 bridgehead atoms. The fourth-order valence-corrected chi connectivity index (χ4v) is 1.24. The maximum Gasteiger partial charge on any atom is 0.0795 e. The Bertz CT molecular complexity index is 116. The summed E-state index contributed by atoms with van der Waals surface area (Å²) in [5.74, 6) is 0. The summed E-state index contributed by atoms with van der Waals surface area (Å²) in [6, 6.07) is 0. The van der Waals surface area contributed by atoms with Crippen LogP contribution in [0.15, 0.2) is 12.2 Å². The highest BCUT2D eigenvalue weighted by atomic mass is 16.5. The zero-order valence-corrected chi connectivity index (χ0v) is 6.52. The molecular weight excluding hydrogens is 126 g/mol. The van der Waals surface area contributed by atoms with Gasteiger partial charge in [0.2, 0.25) is 0 Å². The maximum absolute atomic E-state index is 5.43. The third-order valence-electron chi connectivity index (χ3n) is 1.79. The summed E-state index contributed by atoms with van der Waals surface area (Å²) >= 11 is 0. The van der Waals surface area contributed by atoms with Gasteiger partial charge in [-0.15, -0.1) is 0 Å². The summed E-state index contributed by atoms with van der Waals surface area (Å²) in [6.07, 6.45) is 2.67. The van der Waals surface area contributed by atoms with Crippen LogP contribution in [0, 0.1) is 0 Å². The predicted octanol–water partition coefficient (Wildman–Crippen LogP) is 0.941. The second kappa shape index (κ2) is 3.74. The van der Waals surface area contributed by atoms with Crippen LogP contribution in [-0.2, 0) is 4.74 Å². The minimum Gasteiger partial charge on any atom is -0.374 e. The molecule has 0 spiro atoms. The SMILES string of the molecule is C=C(CNC)C1CCCO1. The van der Waals surface area contributed by atoms with Crippen LogP contribution >= 0.6 is 0 Å². The van der Waals surface area contributed by atoms with Gasteiger partial charge in [0.05, 0.1) is 6.10 Å². The van der Waals surface area contributed by atoms with E-state index in [-0.39, 0.29) is 0 Å². The number of hydrogen-bond donors (Lipinski definition) is 1. The van der Waals surface area contributed by atoms with Gasteiger partial charge in [0.25, 0.3) is 0 Å². The van der Waals surface area contributed by atoms with Crippen molar-refractivity contribution in [3.05, 3.63) is 12.2 Å². The van der Waals surface area contributed by atoms with E-state index >= 15 is 0 Å². The van der Waals surface area contributed by atoms with Gasteiger partial charge in [-0.05, 0) is 25.5 Å². The minimum atomic E-state index is 0.326. The van der Waals surface area contributed by atoms with E-state index in [1.54, 1.807) is 0 Å². The molecule has 0 aliphatic carbocycles. The standard InChI is InChI=1S/C8H15NO/c1-7(6-9-2)8-4-3-5-10-8/h8-9H,1,3-6H2,2H3. The van der Waals surface area contributed by atoms with Crippen molar-refractivity contribution in [2.45, 2.75) is 18.9 Å². The number of nitrogens with one attached hydrogen (secondary N) is 1. The van der Waals surface area contributed by atoms with Gasteiger partial charge in [0.1, 0.15) is 0 Å². The van der Waals surface area contributed by atoms with Gasteiger partial charge in [-0.25, -0.2) is 0 Å². The summed E-state index contributed by atoms with van der Waals surface area (Å²) in [5, 5.41) is 3.06. The van der Waals surface area contributed by atoms with Gasteiger partial charge in [0, 0.05) is 13.2 Å². The Hall–Kier alpha value is -0.340. The first kappa shape index (κ1) is 7.76. The molecular formula is C8H15NO. The van der Waals surface area contributed by atoms with Crippen molar-refractivity contribution >= 4 is 0 Å². The summed E-state index contributed by atoms with van der Waals surface area (Å²) in [6.45, 7) is 5.73. The molecule has 2 nitrogen and oxygen atoms in total. The molecule has 10 heavy (non-hydrogen) atoms. The molecule has 1 aliphatic rings. The van der Waals surface area contributed by atoms with Crippen LogP contribution in [0.25, 0.3) is 0 Å². The summed E-state index contributed by atoms with van der Waals surface area (Å²) in [5.41, 5.74) is 1.18. The first-order chi connectivity index (χ1) is 4.84. The average molecular weight is 141 g/mol. The van der Waals surface area contributed by atoms with Crippen LogP contribution in [0.5, 0.6) is 0 Å². The molecule has 1 unspecified atom stereocenters. The lowest BCUT2D eigenvalue weighted by atomic mass is 10.1. The van der Waals surface area contributed by atoms with Crippen molar-refractivity contribution in [1.82, 2.24) is 5.32 Å². The fourth-order valence-electron chi connectivity index (χ4n) is 1.24. The van der Waals surface area contributed by atoms with Crippen molar-refractivity contribution in [1.29, 1.82) is 0 Å². The van der Waals surface area contributed by atoms with Crippen LogP contribution in [0.3, 0.4) is 0 Å². The summed E-state index contributed by atoms with van der Waals surface area (Å²) in [7, 11) is 1.93. The third kappa shape index (κ3) is 1.82. The van der Waals surface area contributed by atoms with Crippen molar-refractivity contribution in [3.63, 3.8) is 0 Å². The van der Waals surface area contributed by atoms with Crippen LogP contribution in [-0.4, -0.2) is 26.3 Å². The second-order valence-electron chi connectivity index (χ2n) is 2.69. The van der Waals surface area contributed by atoms with E-state index in [0.717, 1.165) is 19.6 Å². The van der Waals surface area contributed by atoms with Crippen LogP contribution < -0.4 is 5.32 Å². The van der Waals surface area contributed by atoms with Gasteiger partial charge >= 0.3 is 0 Å². The Morgan fingerprint density at radius 1 is 1.80 bits per heavy atom. The second-order valence-corrected chi connectivity index (χ2v) is 2.69. The Morgan fingerprint density at radius 2 is 2.60 bits per heavy atom. The minimum absolute atomic E-state index is 0.326. The molecule has 1 heterocycles. The summed E-state index contributed by atoms with van der Waals surface area (Å²) < 4.78 is 5.43. The van der Waals surface area contributed by atoms with E-state index in [1.807, 2.05) is 7.05 Å². The molecule has 1 saturated heterocycles. The van der Waals surface area contributed by atoms with Gasteiger partial charge < -0.3 is 10.1 Å². The fraction of sp³-hybridized carbons (Fsp3) is 0.750. The molecule has 0 saturated carbocycles. The van der Waals surface area contributed by atoms with Crippen molar-refractivity contribution in [2.24, 2.45) is 0 Å². The molecule has 1 rings (SSSR count). The monoisotopic (exact) mass is 141 g/mol. The highest BCUT2D eigenvalue weighted by molar-refractivity contribution is 5.05. The molecule has 0 amide bonds. The Morgan fingerprint density at radius 3 is 3.10 bits per heavy atom. The Balaban J connectivity index is 2.25. The van der Waals surface area contributed by atoms with E-state index in [1.165, 1.54) is 12.0 Å². The van der Waals surface area contributed by atoms with Crippen molar-refractivity contribution < 1.29 is 4.74 Å². The number of likely N-dealkylation sites (N-methyl/N-ethyl adjacent to an activating group) is 1. The lowest BCUT2D eigenvalue weighted by Gasteiger charge is -2.11. The van der Waals surface area contributed by atoms with Crippen LogP contribution in [0.1, 0.15) is 12.8 Å². The van der Waals surface area contributed by atoms with E-state index in [4.69, 9.17) is 4.74 Å². The zero-order valence-electron chi connectivity index (χ0n) is 6.52. The molecule has 58 valence electrons. The largest absolute Gasteiger partial charge is 0.374 e. The lowest BCUT2D eigenvalue weighted by Crippen LogP contribution is -2.19. The highest BCUT2D eigenvalue weighted by Crippen LogP contribution is 2.17. The molecule has 1 fully saturated rings. The predicted molar refractivity (Wildman–Crippen MR) is 42.0 cm³/mol. The van der Waals surface area contributed by atoms with E-state index in [9.17, 15) is 0 Å². The lowest BCUT2D eigenvalue weighted by molar-refractivity contribution is 0.136. The normalized spacial score (nSPS) is 25.1. The first-order valence-electron chi connectivity index (χ1n) is 3.78. The third-order valence-corrected chi connectivity index (χ3v) is 1.79. The molecule has 1 atom stereocenters. The van der Waals surface area contributed by atoms with Gasteiger partial charge in [0.15, 0.2) is 0 Å². The number of ether oxygens (including phenoxy) is 1. The Labute approximate surface area is 62.3 Å². The first-order valence-corrected chi connectivity index (χ1v) is 3.78. The Kier molecular flexibility index (Phi) is 2.90. The summed E-state index contributed by atoms with van der Waals surface area (Å²) in [4.78, 5) is 0. The van der Waals surface area contributed by atoms with Gasteiger partial charge in [-0.1, -0.05) is 6.58 Å². The molecule has 1 aliphatic heterocycles. The van der Waals surface area contributed by atoms with E-state index < -0.39 is 0 Å². The van der Waals surface area contributed by atoms with E-state index in [0.29, 0.717) is 6.10 Å².